The van der Waals surface area contributed by atoms with E-state index < -0.39 is 41.0 Å². The second-order valence-corrected chi connectivity index (χ2v) is 11.4. The maximum absolute atomic E-state index is 13.0. The van der Waals surface area contributed by atoms with E-state index in [0.717, 1.165) is 5.56 Å². The summed E-state index contributed by atoms with van der Waals surface area (Å²) in [6.45, 7) is 9.44. The van der Waals surface area contributed by atoms with E-state index in [1.54, 1.807) is 63.8 Å². The van der Waals surface area contributed by atoms with Crippen molar-refractivity contribution in [3.8, 4) is 5.69 Å². The van der Waals surface area contributed by atoms with Gasteiger partial charge in [0.1, 0.15) is 23.0 Å². The molecule has 228 valence electrons. The molecule has 2 heterocycles. The Morgan fingerprint density at radius 2 is 1.57 bits per heavy atom. The fraction of sp³-hybridized carbons (Fsp3) is 0.500. The van der Waals surface area contributed by atoms with E-state index in [0.29, 0.717) is 5.69 Å². The molecule has 2 aromatic rings. The summed E-state index contributed by atoms with van der Waals surface area (Å²) in [6.07, 6.45) is 1.09. The largest absolute Gasteiger partial charge is 0.468 e. The molecule has 4 amide bonds. The molecule has 0 saturated carbocycles. The van der Waals surface area contributed by atoms with Crippen molar-refractivity contribution >= 4 is 29.8 Å². The van der Waals surface area contributed by atoms with E-state index in [1.165, 1.54) is 28.8 Å². The summed E-state index contributed by atoms with van der Waals surface area (Å²) >= 11 is 0. The van der Waals surface area contributed by atoms with Gasteiger partial charge in [0.15, 0.2) is 0 Å². The Hall–Kier alpha value is -4.46. The molecule has 0 unspecified atom stereocenters. The van der Waals surface area contributed by atoms with Crippen molar-refractivity contribution < 1.29 is 28.7 Å². The third-order valence-corrected chi connectivity index (χ3v) is 6.41. The van der Waals surface area contributed by atoms with E-state index in [1.807, 2.05) is 0 Å². The molecule has 1 saturated heterocycles. The second kappa shape index (κ2) is 13.0. The van der Waals surface area contributed by atoms with E-state index in [2.05, 4.69) is 20.4 Å². The average molecular weight is 586 g/mol. The number of piperazine rings is 1. The number of rotatable bonds is 7. The van der Waals surface area contributed by atoms with Gasteiger partial charge in [-0.3, -0.25) is 19.5 Å². The molecular formula is C28H39N7O7. The van der Waals surface area contributed by atoms with Crippen LogP contribution >= 0.6 is 0 Å². The number of methoxy groups -OCH3 is 1. The van der Waals surface area contributed by atoms with Crippen LogP contribution in [0.3, 0.4) is 0 Å². The fourth-order valence-electron chi connectivity index (χ4n) is 4.26. The van der Waals surface area contributed by atoms with Crippen LogP contribution < -0.4 is 22.1 Å². The van der Waals surface area contributed by atoms with E-state index in [9.17, 15) is 24.0 Å². The number of hydrogen-bond donors (Lipinski definition) is 3. The van der Waals surface area contributed by atoms with Gasteiger partial charge in [-0.1, -0.05) is 12.1 Å². The highest BCUT2D eigenvalue weighted by atomic mass is 16.6. The Morgan fingerprint density at radius 1 is 0.976 bits per heavy atom. The molecule has 0 radical (unpaired) electrons. The minimum absolute atomic E-state index is 0.0862. The molecule has 14 heteroatoms. The highest BCUT2D eigenvalue weighted by Crippen LogP contribution is 2.15. The summed E-state index contributed by atoms with van der Waals surface area (Å²) in [5, 5.41) is 5.24. The Kier molecular flexibility index (Phi) is 9.94. The number of carbonyl (C=O) groups excluding carboxylic acids is 4. The molecule has 1 atom stereocenters. The van der Waals surface area contributed by atoms with Crippen molar-refractivity contribution in [3.05, 3.63) is 52.6 Å². The van der Waals surface area contributed by atoms with E-state index in [4.69, 9.17) is 10.5 Å². The first kappa shape index (κ1) is 32.1. The summed E-state index contributed by atoms with van der Waals surface area (Å²) in [5.41, 5.74) is 4.65. The summed E-state index contributed by atoms with van der Waals surface area (Å²) in [7, 11) is 1.27. The number of ether oxygens (including phenoxy) is 2. The number of urea groups is 1. The van der Waals surface area contributed by atoms with Gasteiger partial charge in [-0.05, 0) is 64.8 Å². The van der Waals surface area contributed by atoms with Gasteiger partial charge < -0.3 is 30.3 Å². The normalized spacial score (nSPS) is 14.5. The van der Waals surface area contributed by atoms with E-state index in [-0.39, 0.29) is 44.3 Å². The maximum Gasteiger partial charge on any atom is 0.408 e. The fourth-order valence-corrected chi connectivity index (χ4v) is 4.26. The summed E-state index contributed by atoms with van der Waals surface area (Å²) in [5.74, 6) is -0.717. The lowest BCUT2D eigenvalue weighted by Crippen LogP contribution is -2.60. The number of hydrogen-bond acceptors (Lipinski definition) is 9. The van der Waals surface area contributed by atoms with Crippen molar-refractivity contribution in [2.24, 2.45) is 5.73 Å². The molecule has 1 aliphatic rings. The number of esters is 1. The molecule has 0 aliphatic carbocycles. The van der Waals surface area contributed by atoms with Crippen molar-refractivity contribution in [2.75, 3.05) is 38.6 Å². The Balaban J connectivity index is 1.54. The highest BCUT2D eigenvalue weighted by molar-refractivity contribution is 5.90. The van der Waals surface area contributed by atoms with Crippen LogP contribution in [0.15, 0.2) is 41.3 Å². The Bertz CT molecular complexity index is 1360. The lowest BCUT2D eigenvalue weighted by atomic mass is 10.0. The summed E-state index contributed by atoms with van der Waals surface area (Å²) in [4.78, 5) is 69.3. The van der Waals surface area contributed by atoms with Crippen molar-refractivity contribution in [3.63, 3.8) is 0 Å². The van der Waals surface area contributed by atoms with Crippen LogP contribution in [0.2, 0.25) is 0 Å². The first-order valence-electron chi connectivity index (χ1n) is 13.5. The van der Waals surface area contributed by atoms with Gasteiger partial charge in [0.05, 0.1) is 12.8 Å². The lowest BCUT2D eigenvalue weighted by molar-refractivity contribution is -0.142. The minimum Gasteiger partial charge on any atom is -0.468 e. The summed E-state index contributed by atoms with van der Waals surface area (Å²) < 4.78 is 11.2. The SMILES string of the molecule is COC(=O)[C@@H](N)Cc1ccc(-n2ccc(NC(=O)N3CCN(C(=O)C(C)(C)NC(=O)OC(C)(C)C)CC3)nc2=O)cc1. The topological polar surface area (TPSA) is 178 Å². The molecule has 0 bridgehead atoms. The van der Waals surface area contributed by atoms with Gasteiger partial charge in [0.2, 0.25) is 5.91 Å². The van der Waals surface area contributed by atoms with Crippen LogP contribution in [0.25, 0.3) is 5.69 Å². The first-order chi connectivity index (χ1) is 19.6. The molecule has 4 N–H and O–H groups in total. The molecule has 42 heavy (non-hydrogen) atoms. The zero-order chi connectivity index (χ0) is 31.2. The Labute approximate surface area is 244 Å². The van der Waals surface area contributed by atoms with Crippen LogP contribution in [0, 0.1) is 0 Å². The number of anilines is 1. The smallest absolute Gasteiger partial charge is 0.408 e. The zero-order valence-corrected chi connectivity index (χ0v) is 24.8. The van der Waals surface area contributed by atoms with Gasteiger partial charge in [-0.15, -0.1) is 0 Å². The van der Waals surface area contributed by atoms with Crippen molar-refractivity contribution in [2.45, 2.75) is 58.2 Å². The van der Waals surface area contributed by atoms with Crippen LogP contribution in [-0.2, 0) is 25.5 Å². The quantitative estimate of drug-likeness (QED) is 0.403. The van der Waals surface area contributed by atoms with Crippen LogP contribution in [-0.4, -0.2) is 93.8 Å². The third-order valence-electron chi connectivity index (χ3n) is 6.41. The van der Waals surface area contributed by atoms with Gasteiger partial charge >= 0.3 is 23.8 Å². The highest BCUT2D eigenvalue weighted by Gasteiger charge is 2.36. The first-order valence-corrected chi connectivity index (χ1v) is 13.5. The predicted molar refractivity (Wildman–Crippen MR) is 154 cm³/mol. The number of alkyl carbamates (subject to hydrolysis) is 1. The molecule has 1 aromatic heterocycles. The molecule has 14 nitrogen and oxygen atoms in total. The second-order valence-electron chi connectivity index (χ2n) is 11.4. The molecular weight excluding hydrogens is 546 g/mol. The Morgan fingerprint density at radius 3 is 2.12 bits per heavy atom. The standard InChI is InChI=1S/C28H39N7O7/c1-27(2,3)42-26(40)32-28(4,5)23(37)33-13-15-34(16-14-33)24(38)30-21-11-12-35(25(39)31-21)19-9-7-18(8-10-19)17-20(29)22(36)41-6/h7-12,20H,13-17,29H2,1-6H3,(H,32,40)(H,30,31,38,39)/t20-/m0/s1. The van der Waals surface area contributed by atoms with Gasteiger partial charge in [0, 0.05) is 32.4 Å². The van der Waals surface area contributed by atoms with Gasteiger partial charge in [0.25, 0.3) is 0 Å². The number of benzene rings is 1. The van der Waals surface area contributed by atoms with Crippen molar-refractivity contribution in [1.82, 2.24) is 24.7 Å². The zero-order valence-electron chi connectivity index (χ0n) is 24.8. The number of nitrogens with zero attached hydrogens (tertiary/aromatic N) is 4. The lowest BCUT2D eigenvalue weighted by Gasteiger charge is -2.38. The molecule has 1 aliphatic heterocycles. The number of amides is 4. The van der Waals surface area contributed by atoms with Gasteiger partial charge in [-0.2, -0.15) is 4.98 Å². The van der Waals surface area contributed by atoms with Crippen LogP contribution in [0.1, 0.15) is 40.2 Å². The van der Waals surface area contributed by atoms with Crippen molar-refractivity contribution in [1.29, 1.82) is 0 Å². The minimum atomic E-state index is -1.20. The number of nitrogens with one attached hydrogen (secondary N) is 2. The molecule has 0 spiro atoms. The predicted octanol–water partition coefficient (Wildman–Crippen LogP) is 1.25. The summed E-state index contributed by atoms with van der Waals surface area (Å²) in [6, 6.07) is 7.16. The van der Waals surface area contributed by atoms with E-state index >= 15 is 0 Å². The molecule has 3 rings (SSSR count). The molecule has 1 fully saturated rings. The van der Waals surface area contributed by atoms with Crippen LogP contribution in [0.5, 0.6) is 0 Å². The maximum atomic E-state index is 13.0. The number of aromatic nitrogens is 2. The monoisotopic (exact) mass is 585 g/mol. The van der Waals surface area contributed by atoms with Crippen LogP contribution in [0.4, 0.5) is 15.4 Å². The number of nitrogens with two attached hydrogens (primary N) is 1. The van der Waals surface area contributed by atoms with Gasteiger partial charge in [-0.25, -0.2) is 14.4 Å². The third kappa shape index (κ3) is 8.52. The number of carbonyl (C=O) groups is 4. The average Bonchev–Trinajstić information content (AvgIpc) is 2.91. The molecule has 1 aromatic carbocycles.